The van der Waals surface area contributed by atoms with E-state index in [9.17, 15) is 0 Å². The Morgan fingerprint density at radius 2 is 1.13 bits per heavy atom. The molecule has 0 saturated carbocycles. The number of aliphatic imine (C=N–C) groups is 2. The van der Waals surface area contributed by atoms with E-state index in [2.05, 4.69) is 176 Å². The number of nitrogens with zero attached hydrogens (tertiary/aromatic N) is 3. The van der Waals surface area contributed by atoms with Crippen LogP contribution in [0.4, 0.5) is 0 Å². The quantitative estimate of drug-likeness (QED) is 0.123. The molecule has 0 N–H and O–H groups in total. The SMILES string of the molecule is C=I1=C(c2ccccc2)N=C(c2ccccc2)N=C1n1c2ccccc2c2ccc3c(c21)C(C)(C)C1C=c2c(c4ccccc4c4ccccc24)=CC31. The number of fused-ring (bicyclic) bond motifs is 13. The zero-order valence-corrected chi connectivity index (χ0v) is 31.8. The highest BCUT2D eigenvalue weighted by atomic mass is 127. The van der Waals surface area contributed by atoms with Gasteiger partial charge in [0.1, 0.15) is 3.63 Å². The van der Waals surface area contributed by atoms with E-state index in [1.54, 1.807) is 0 Å². The lowest BCUT2D eigenvalue weighted by Crippen LogP contribution is -2.36. The Bertz CT molecular complexity index is 3160. The van der Waals surface area contributed by atoms with Crippen molar-refractivity contribution in [2.24, 2.45) is 15.9 Å². The molecular weight excluding hydrogens is 757 g/mol. The van der Waals surface area contributed by atoms with Crippen molar-refractivity contribution in [2.45, 2.75) is 25.2 Å². The summed E-state index contributed by atoms with van der Waals surface area (Å²) in [5, 5.41) is 10.6. The Labute approximate surface area is 314 Å². The Kier molecular flexibility index (Phi) is 6.70. The molecule has 1 aromatic heterocycles. The Hall–Kier alpha value is -5.59. The summed E-state index contributed by atoms with van der Waals surface area (Å²) in [7, 11) is 0. The Balaban J connectivity index is 1.23. The average molecular weight is 794 g/mol. The number of amidine groups is 1. The summed E-state index contributed by atoms with van der Waals surface area (Å²) in [4.78, 5) is 10.8. The van der Waals surface area contributed by atoms with Gasteiger partial charge in [-0.15, -0.1) is 0 Å². The molecule has 1 aliphatic heterocycles. The first-order valence-corrected chi connectivity index (χ1v) is 22.0. The Morgan fingerprint density at radius 1 is 0.566 bits per heavy atom. The zero-order valence-electron chi connectivity index (χ0n) is 29.6. The van der Waals surface area contributed by atoms with Gasteiger partial charge >= 0.3 is 0 Å². The number of hydrogen-bond acceptors (Lipinski definition) is 2. The van der Waals surface area contributed by atoms with Gasteiger partial charge in [0.2, 0.25) is 0 Å². The van der Waals surface area contributed by atoms with Crippen molar-refractivity contribution in [1.82, 2.24) is 4.57 Å². The average Bonchev–Trinajstić information content (AvgIpc) is 3.66. The third-order valence-electron chi connectivity index (χ3n) is 11.9. The monoisotopic (exact) mass is 793 g/mol. The fourth-order valence-electron chi connectivity index (χ4n) is 9.48. The van der Waals surface area contributed by atoms with E-state index >= 15 is 0 Å². The van der Waals surface area contributed by atoms with Crippen LogP contribution in [-0.2, 0) is 5.41 Å². The van der Waals surface area contributed by atoms with E-state index < -0.39 is 18.9 Å². The smallest absolute Gasteiger partial charge is 0.169 e. The maximum atomic E-state index is 5.52. The maximum absolute atomic E-state index is 5.52. The predicted molar refractivity (Wildman–Crippen MR) is 236 cm³/mol. The largest absolute Gasteiger partial charge is 0.289 e. The van der Waals surface area contributed by atoms with Crippen molar-refractivity contribution in [1.29, 1.82) is 0 Å². The summed E-state index contributed by atoms with van der Waals surface area (Å²) in [6.45, 7) is 4.94. The molecule has 2 aliphatic carbocycles. The highest BCUT2D eigenvalue weighted by Gasteiger charge is 2.47. The second-order valence-corrected chi connectivity index (χ2v) is 19.1. The summed E-state index contributed by atoms with van der Waals surface area (Å²) in [6, 6.07) is 52.6. The molecule has 0 bridgehead atoms. The van der Waals surface area contributed by atoms with Crippen LogP contribution in [0.3, 0.4) is 0 Å². The van der Waals surface area contributed by atoms with Gasteiger partial charge in [0.15, 0.2) is 9.68 Å². The van der Waals surface area contributed by atoms with Crippen LogP contribution in [0.5, 0.6) is 0 Å². The van der Waals surface area contributed by atoms with E-state index in [0.29, 0.717) is 5.92 Å². The number of hydrogen-bond donors (Lipinski definition) is 0. The molecule has 7 aromatic carbocycles. The molecular formula is C49H36IN3. The van der Waals surface area contributed by atoms with Crippen LogP contribution in [0, 0.1) is 5.92 Å². The highest BCUT2D eigenvalue weighted by molar-refractivity contribution is 14.2. The van der Waals surface area contributed by atoms with Crippen molar-refractivity contribution in [2.75, 3.05) is 0 Å². The fraction of sp³-hybridized carbons (Fsp3) is 0.102. The van der Waals surface area contributed by atoms with Crippen LogP contribution in [0.15, 0.2) is 156 Å². The summed E-state index contributed by atoms with van der Waals surface area (Å²) in [5.74, 6) is 1.30. The lowest BCUT2D eigenvalue weighted by atomic mass is 9.73. The van der Waals surface area contributed by atoms with Crippen LogP contribution < -0.4 is 10.4 Å². The molecule has 0 saturated heterocycles. The third kappa shape index (κ3) is 4.39. The highest BCUT2D eigenvalue weighted by Crippen LogP contribution is 2.56. The summed E-state index contributed by atoms with van der Waals surface area (Å²) in [5.41, 5.74) is 7.28. The van der Waals surface area contributed by atoms with Gasteiger partial charge in [-0.1, -0.05) is 189 Å². The van der Waals surface area contributed by atoms with Gasteiger partial charge in [-0.3, -0.25) is 4.57 Å². The van der Waals surface area contributed by atoms with Gasteiger partial charge in [0, 0.05) is 27.8 Å². The molecule has 3 nitrogen and oxygen atoms in total. The topological polar surface area (TPSA) is 29.6 Å². The van der Waals surface area contributed by atoms with Crippen LogP contribution in [0.1, 0.15) is 42.0 Å². The standard InChI is InChI=1S/C49H36IN3/c1-49(2)42-29-40-35-23-13-11-21-33(35)32-20-10-12-22-34(32)39(40)28-41(42)37-26-27-38-36-24-14-15-25-43(36)53(45(38)44(37)49)48-50(3)46(30-16-6-4-7-17-30)51-47(52-48)31-18-8-5-9-19-31/h4-29,41-42H,3H2,1-2H3. The molecule has 0 amide bonds. The van der Waals surface area contributed by atoms with Crippen LogP contribution >= 0.6 is 18.9 Å². The van der Waals surface area contributed by atoms with E-state index in [-0.39, 0.29) is 11.3 Å². The van der Waals surface area contributed by atoms with Crippen molar-refractivity contribution < 1.29 is 0 Å². The van der Waals surface area contributed by atoms with Gasteiger partial charge in [-0.2, -0.15) is 0 Å². The number of aromatic nitrogens is 1. The maximum Gasteiger partial charge on any atom is 0.169 e. The first-order valence-electron chi connectivity index (χ1n) is 18.3. The van der Waals surface area contributed by atoms with Gasteiger partial charge in [0.25, 0.3) is 0 Å². The molecule has 2 atom stereocenters. The first-order chi connectivity index (χ1) is 26.0. The minimum Gasteiger partial charge on any atom is -0.289 e. The molecule has 2 unspecified atom stereocenters. The Morgan fingerprint density at radius 3 is 1.81 bits per heavy atom. The molecule has 0 spiro atoms. The number of para-hydroxylation sites is 1. The number of benzene rings is 7. The summed E-state index contributed by atoms with van der Waals surface area (Å²) >= 11 is -2.39. The minimum absolute atomic E-state index is 0.162. The summed E-state index contributed by atoms with van der Waals surface area (Å²) in [6.07, 6.45) is 5.22. The van der Waals surface area contributed by atoms with E-state index in [1.165, 1.54) is 64.9 Å². The van der Waals surface area contributed by atoms with Crippen LogP contribution in [-0.4, -0.2) is 22.4 Å². The van der Waals surface area contributed by atoms with Crippen molar-refractivity contribution >= 4 is 92.2 Å². The first kappa shape index (κ1) is 31.0. The molecule has 0 fully saturated rings. The van der Waals surface area contributed by atoms with E-state index in [4.69, 9.17) is 14.5 Å². The third-order valence-corrected chi connectivity index (χ3v) is 15.8. The van der Waals surface area contributed by atoms with Crippen LogP contribution in [0.2, 0.25) is 0 Å². The van der Waals surface area contributed by atoms with E-state index in [1.807, 2.05) is 0 Å². The van der Waals surface area contributed by atoms with Crippen molar-refractivity contribution in [3.63, 3.8) is 0 Å². The lowest BCUT2D eigenvalue weighted by molar-refractivity contribution is 0.423. The molecule has 254 valence electrons. The fourth-order valence-corrected chi connectivity index (χ4v) is 13.2. The molecule has 4 heteroatoms. The van der Waals surface area contributed by atoms with Crippen molar-refractivity contribution in [3.8, 4) is 0 Å². The molecule has 3 aliphatic rings. The second-order valence-electron chi connectivity index (χ2n) is 15.0. The number of halogens is 1. The van der Waals surface area contributed by atoms with E-state index in [0.717, 1.165) is 24.4 Å². The zero-order chi connectivity index (χ0) is 35.4. The number of rotatable bonds is 2. The summed E-state index contributed by atoms with van der Waals surface area (Å²) < 4.78 is 9.62. The molecule has 53 heavy (non-hydrogen) atoms. The molecule has 2 heterocycles. The molecule has 8 aromatic rings. The normalized spacial score (nSPS) is 19.0. The van der Waals surface area contributed by atoms with Crippen molar-refractivity contribution in [3.05, 3.63) is 178 Å². The minimum atomic E-state index is -2.39. The molecule has 11 rings (SSSR count). The van der Waals surface area contributed by atoms with Gasteiger partial charge in [-0.25, -0.2) is 9.98 Å². The van der Waals surface area contributed by atoms with Crippen LogP contribution in [0.25, 0.3) is 55.5 Å². The van der Waals surface area contributed by atoms with Gasteiger partial charge in [-0.05, 0) is 60.5 Å². The van der Waals surface area contributed by atoms with Gasteiger partial charge in [0.05, 0.1) is 11.0 Å². The molecule has 0 radical (unpaired) electrons. The predicted octanol–water partition coefficient (Wildman–Crippen LogP) is 10.1. The lowest BCUT2D eigenvalue weighted by Gasteiger charge is -2.31. The van der Waals surface area contributed by atoms with Gasteiger partial charge < -0.3 is 0 Å². The second kappa shape index (κ2) is 11.5.